The van der Waals surface area contributed by atoms with E-state index >= 15 is 0 Å². The Labute approximate surface area is 171 Å². The predicted octanol–water partition coefficient (Wildman–Crippen LogP) is 3.58. The number of nitrogens with zero attached hydrogens (tertiary/aromatic N) is 2. The van der Waals surface area contributed by atoms with E-state index in [1.54, 1.807) is 26.5 Å². The number of methoxy groups -OCH3 is 2. The molecule has 3 aromatic rings. The summed E-state index contributed by atoms with van der Waals surface area (Å²) in [6.07, 6.45) is 4.66. The van der Waals surface area contributed by atoms with Crippen molar-refractivity contribution in [2.75, 3.05) is 14.2 Å². The second-order valence-electron chi connectivity index (χ2n) is 7.03. The lowest BCUT2D eigenvalue weighted by atomic mass is 10.0. The molecule has 1 unspecified atom stereocenters. The minimum atomic E-state index is -0.412. The van der Waals surface area contributed by atoms with Gasteiger partial charge in [0, 0.05) is 31.9 Å². The Hall–Kier alpha value is -3.28. The number of carbonyl (C=O) groups excluding carboxylic acids is 1. The summed E-state index contributed by atoms with van der Waals surface area (Å²) >= 11 is 0. The van der Waals surface area contributed by atoms with E-state index in [-0.39, 0.29) is 5.91 Å². The molecular formula is C23H27N3O3. The molecular weight excluding hydrogens is 366 g/mol. The summed E-state index contributed by atoms with van der Waals surface area (Å²) in [5.41, 5.74) is 3.20. The predicted molar refractivity (Wildman–Crippen MR) is 112 cm³/mol. The Balaban J connectivity index is 1.82. The number of benzene rings is 2. The SMILES string of the molecule is COc1cc(OC)cc(C(NC(=O)CCc2ccc(C)cc2)c2nccn2C)c1. The molecule has 152 valence electrons. The molecule has 1 heterocycles. The van der Waals surface area contributed by atoms with Crippen LogP contribution in [0, 0.1) is 6.92 Å². The number of amides is 1. The van der Waals surface area contributed by atoms with Crippen molar-refractivity contribution in [2.24, 2.45) is 7.05 Å². The van der Waals surface area contributed by atoms with Crippen LogP contribution in [-0.2, 0) is 18.3 Å². The van der Waals surface area contributed by atoms with Crippen LogP contribution in [0.1, 0.15) is 35.0 Å². The van der Waals surface area contributed by atoms with Gasteiger partial charge in [-0.2, -0.15) is 0 Å². The summed E-state index contributed by atoms with van der Waals surface area (Å²) in [5, 5.41) is 3.13. The highest BCUT2D eigenvalue weighted by Gasteiger charge is 2.22. The van der Waals surface area contributed by atoms with Crippen molar-refractivity contribution in [3.63, 3.8) is 0 Å². The maximum Gasteiger partial charge on any atom is 0.221 e. The van der Waals surface area contributed by atoms with Gasteiger partial charge in [0.15, 0.2) is 0 Å². The molecule has 0 saturated carbocycles. The minimum Gasteiger partial charge on any atom is -0.497 e. The summed E-state index contributed by atoms with van der Waals surface area (Å²) in [5.74, 6) is 2.02. The molecule has 0 fully saturated rings. The number of hydrogen-bond donors (Lipinski definition) is 1. The van der Waals surface area contributed by atoms with Gasteiger partial charge in [-0.1, -0.05) is 29.8 Å². The van der Waals surface area contributed by atoms with Gasteiger partial charge in [-0.25, -0.2) is 4.98 Å². The molecule has 1 N–H and O–H groups in total. The van der Waals surface area contributed by atoms with Gasteiger partial charge >= 0.3 is 0 Å². The van der Waals surface area contributed by atoms with Crippen LogP contribution in [-0.4, -0.2) is 29.7 Å². The number of carbonyl (C=O) groups is 1. The lowest BCUT2D eigenvalue weighted by Gasteiger charge is -2.20. The van der Waals surface area contributed by atoms with Crippen LogP contribution in [0.2, 0.25) is 0 Å². The van der Waals surface area contributed by atoms with E-state index in [1.807, 2.05) is 29.9 Å². The molecule has 0 aliphatic rings. The maximum atomic E-state index is 12.8. The van der Waals surface area contributed by atoms with Crippen LogP contribution in [0.25, 0.3) is 0 Å². The van der Waals surface area contributed by atoms with E-state index in [2.05, 4.69) is 41.5 Å². The maximum absolute atomic E-state index is 12.8. The van der Waals surface area contributed by atoms with E-state index < -0.39 is 6.04 Å². The zero-order chi connectivity index (χ0) is 20.8. The molecule has 0 saturated heterocycles. The van der Waals surface area contributed by atoms with E-state index in [4.69, 9.17) is 9.47 Å². The average Bonchev–Trinajstić information content (AvgIpc) is 3.16. The smallest absolute Gasteiger partial charge is 0.221 e. The Morgan fingerprint density at radius 2 is 1.76 bits per heavy atom. The Bertz CT molecular complexity index is 942. The summed E-state index contributed by atoms with van der Waals surface area (Å²) in [4.78, 5) is 17.2. The lowest BCUT2D eigenvalue weighted by Crippen LogP contribution is -2.31. The zero-order valence-corrected chi connectivity index (χ0v) is 17.3. The van der Waals surface area contributed by atoms with Crippen LogP contribution in [0.4, 0.5) is 0 Å². The van der Waals surface area contributed by atoms with Crippen LogP contribution in [0.15, 0.2) is 54.9 Å². The first-order valence-electron chi connectivity index (χ1n) is 9.55. The third kappa shape index (κ3) is 5.16. The van der Waals surface area contributed by atoms with E-state index in [9.17, 15) is 4.79 Å². The topological polar surface area (TPSA) is 65.4 Å². The molecule has 6 heteroatoms. The van der Waals surface area contributed by atoms with Crippen molar-refractivity contribution in [3.8, 4) is 11.5 Å². The van der Waals surface area contributed by atoms with Crippen molar-refractivity contribution in [3.05, 3.63) is 77.4 Å². The van der Waals surface area contributed by atoms with Gasteiger partial charge in [-0.15, -0.1) is 0 Å². The van der Waals surface area contributed by atoms with E-state index in [0.717, 1.165) is 17.0 Å². The van der Waals surface area contributed by atoms with Crippen molar-refractivity contribution in [2.45, 2.75) is 25.8 Å². The third-order valence-electron chi connectivity index (χ3n) is 4.89. The normalized spacial score (nSPS) is 11.7. The molecule has 0 aliphatic heterocycles. The average molecular weight is 393 g/mol. The molecule has 0 radical (unpaired) electrons. The molecule has 2 aromatic carbocycles. The fourth-order valence-corrected chi connectivity index (χ4v) is 3.19. The monoisotopic (exact) mass is 393 g/mol. The van der Waals surface area contributed by atoms with E-state index in [0.29, 0.717) is 24.3 Å². The molecule has 0 spiro atoms. The zero-order valence-electron chi connectivity index (χ0n) is 17.3. The number of nitrogens with one attached hydrogen (secondary N) is 1. The van der Waals surface area contributed by atoms with Crippen LogP contribution in [0.5, 0.6) is 11.5 Å². The summed E-state index contributed by atoms with van der Waals surface area (Å²) in [6, 6.07) is 13.4. The first-order valence-corrected chi connectivity index (χ1v) is 9.55. The lowest BCUT2D eigenvalue weighted by molar-refractivity contribution is -0.121. The molecule has 3 rings (SSSR count). The highest BCUT2D eigenvalue weighted by molar-refractivity contribution is 5.77. The van der Waals surface area contributed by atoms with Gasteiger partial charge in [-0.3, -0.25) is 4.79 Å². The minimum absolute atomic E-state index is 0.0413. The fourth-order valence-electron chi connectivity index (χ4n) is 3.19. The van der Waals surface area contributed by atoms with Crippen molar-refractivity contribution in [1.82, 2.24) is 14.9 Å². The number of rotatable bonds is 8. The van der Waals surface area contributed by atoms with Gasteiger partial charge in [0.25, 0.3) is 0 Å². The summed E-state index contributed by atoms with van der Waals surface area (Å²) in [7, 11) is 5.12. The summed E-state index contributed by atoms with van der Waals surface area (Å²) < 4.78 is 12.7. The molecule has 1 atom stereocenters. The molecule has 1 amide bonds. The Morgan fingerprint density at radius 1 is 1.10 bits per heavy atom. The number of hydrogen-bond acceptors (Lipinski definition) is 4. The van der Waals surface area contributed by atoms with Crippen molar-refractivity contribution < 1.29 is 14.3 Å². The quantitative estimate of drug-likeness (QED) is 0.635. The second-order valence-corrected chi connectivity index (χ2v) is 7.03. The van der Waals surface area contributed by atoms with Gasteiger partial charge < -0.3 is 19.4 Å². The first kappa shape index (κ1) is 20.5. The molecule has 6 nitrogen and oxygen atoms in total. The Kier molecular flexibility index (Phi) is 6.54. The number of ether oxygens (including phenoxy) is 2. The fraction of sp³-hybridized carbons (Fsp3) is 0.304. The Morgan fingerprint density at radius 3 is 2.31 bits per heavy atom. The molecule has 1 aromatic heterocycles. The van der Waals surface area contributed by atoms with Crippen LogP contribution in [0.3, 0.4) is 0 Å². The van der Waals surface area contributed by atoms with Gasteiger partial charge in [0.05, 0.1) is 14.2 Å². The van der Waals surface area contributed by atoms with Gasteiger partial charge in [-0.05, 0) is 36.6 Å². The standard InChI is InChI=1S/C23H27N3O3/c1-16-5-7-17(8-6-16)9-10-21(27)25-22(23-24-11-12-26(23)2)18-13-19(28-3)15-20(14-18)29-4/h5-8,11-15,22H,9-10H2,1-4H3,(H,25,27). The first-order chi connectivity index (χ1) is 14.0. The number of aryl methyl sites for hydroxylation is 3. The highest BCUT2D eigenvalue weighted by Crippen LogP contribution is 2.29. The molecule has 0 bridgehead atoms. The van der Waals surface area contributed by atoms with Crippen molar-refractivity contribution >= 4 is 5.91 Å². The van der Waals surface area contributed by atoms with E-state index in [1.165, 1.54) is 5.56 Å². The second kappa shape index (κ2) is 9.28. The largest absolute Gasteiger partial charge is 0.497 e. The van der Waals surface area contributed by atoms with Crippen LogP contribution >= 0.6 is 0 Å². The summed E-state index contributed by atoms with van der Waals surface area (Å²) in [6.45, 7) is 2.05. The molecule has 29 heavy (non-hydrogen) atoms. The van der Waals surface area contributed by atoms with Crippen molar-refractivity contribution in [1.29, 1.82) is 0 Å². The number of aromatic nitrogens is 2. The molecule has 0 aliphatic carbocycles. The third-order valence-corrected chi connectivity index (χ3v) is 4.89. The van der Waals surface area contributed by atoms with Gasteiger partial charge in [0.2, 0.25) is 5.91 Å². The number of imidazole rings is 1. The highest BCUT2D eigenvalue weighted by atomic mass is 16.5. The van der Waals surface area contributed by atoms with Gasteiger partial charge in [0.1, 0.15) is 23.4 Å². The van der Waals surface area contributed by atoms with Crippen LogP contribution < -0.4 is 14.8 Å².